The molecule has 0 aromatic heterocycles. The van der Waals surface area contributed by atoms with Crippen molar-refractivity contribution in [3.05, 3.63) is 0 Å². The number of nitriles is 1. The van der Waals surface area contributed by atoms with Crippen LogP contribution in [-0.2, 0) is 23.9 Å². The summed E-state index contributed by atoms with van der Waals surface area (Å²) in [4.78, 5) is 59.6. The zero-order valence-corrected chi connectivity index (χ0v) is 40.7. The van der Waals surface area contributed by atoms with Gasteiger partial charge in [0.25, 0.3) is 0 Å². The predicted molar refractivity (Wildman–Crippen MR) is 246 cm³/mol. The van der Waals surface area contributed by atoms with Crippen molar-refractivity contribution in [2.24, 2.45) is 39.8 Å². The fraction of sp³-hybridized carbons (Fsp3) is 0.894. The predicted octanol–water partition coefficient (Wildman–Crippen LogP) is 5.54. The highest BCUT2D eigenvalue weighted by Gasteiger charge is 2.40. The van der Waals surface area contributed by atoms with E-state index < -0.39 is 42.0 Å². The molecule has 15 nitrogen and oxygen atoms in total. The molecule has 0 bridgehead atoms. The molecule has 0 radical (unpaired) electrons. The van der Waals surface area contributed by atoms with Crippen LogP contribution in [0.1, 0.15) is 125 Å². The minimum Gasteiger partial charge on any atom is -0.396 e. The van der Waals surface area contributed by atoms with Crippen molar-refractivity contribution >= 4 is 35.2 Å². The summed E-state index contributed by atoms with van der Waals surface area (Å²) in [5.41, 5.74) is 0. The number of halogens is 2. The maximum absolute atomic E-state index is 15.3. The molecule has 4 fully saturated rings. The number of piperidine rings is 2. The number of nitrogens with zero attached hydrogens (tertiary/aromatic N) is 7. The van der Waals surface area contributed by atoms with Gasteiger partial charge in [-0.3, -0.25) is 34.3 Å². The van der Waals surface area contributed by atoms with Gasteiger partial charge in [0.05, 0.1) is 18.3 Å². The van der Waals surface area contributed by atoms with Gasteiger partial charge in [-0.1, -0.05) is 33.6 Å². The van der Waals surface area contributed by atoms with Crippen LogP contribution in [0, 0.1) is 40.9 Å². The molecule has 3 heterocycles. The van der Waals surface area contributed by atoms with Crippen LogP contribution in [0.3, 0.4) is 0 Å². The highest BCUT2D eigenvalue weighted by atomic mass is 35.5. The number of aliphatic hydroxyl groups excluding tert-OH is 1. The van der Waals surface area contributed by atoms with Crippen LogP contribution in [0.25, 0.3) is 0 Å². The fourth-order valence-corrected chi connectivity index (χ4v) is 10.9. The molecule has 4 amide bonds. The molecule has 4 rings (SSSR count). The summed E-state index contributed by atoms with van der Waals surface area (Å²) in [6.07, 6.45) is 8.19. The number of azo groups is 1. The average Bonchev–Trinajstić information content (AvgIpc) is 3.27. The molecular weight excluding hydrogens is 841 g/mol. The van der Waals surface area contributed by atoms with Gasteiger partial charge in [0.2, 0.25) is 23.6 Å². The van der Waals surface area contributed by atoms with E-state index in [0.717, 1.165) is 84.1 Å². The quantitative estimate of drug-likeness (QED) is 0.0632. The van der Waals surface area contributed by atoms with E-state index in [9.17, 15) is 29.5 Å². The third-order valence-electron chi connectivity index (χ3n) is 14.6. The number of imide groups is 1. The van der Waals surface area contributed by atoms with Gasteiger partial charge < -0.3 is 25.0 Å². The summed E-state index contributed by atoms with van der Waals surface area (Å²) in [5.74, 6) is -1.73. The van der Waals surface area contributed by atoms with Crippen molar-refractivity contribution in [1.82, 2.24) is 30.2 Å². The lowest BCUT2D eigenvalue weighted by Crippen LogP contribution is -2.56. The number of rotatable bonds is 24. The van der Waals surface area contributed by atoms with Gasteiger partial charge >= 0.3 is 0 Å². The molecular formula is C47H81ClFN9O6. The largest absolute Gasteiger partial charge is 0.396 e. The molecule has 9 unspecified atom stereocenters. The van der Waals surface area contributed by atoms with Crippen LogP contribution in [0.2, 0.25) is 0 Å². The van der Waals surface area contributed by atoms with Gasteiger partial charge in [0.1, 0.15) is 24.9 Å². The Morgan fingerprint density at radius 1 is 1.00 bits per heavy atom. The number of likely N-dealkylation sites (tertiary alicyclic amines) is 1. The Balaban J connectivity index is 1.16. The van der Waals surface area contributed by atoms with Crippen LogP contribution in [0.4, 0.5) is 4.39 Å². The lowest BCUT2D eigenvalue weighted by atomic mass is 9.84. The second-order valence-electron chi connectivity index (χ2n) is 19.4. The first-order valence-electron chi connectivity index (χ1n) is 24.5. The number of nitrogens with one attached hydrogen (secondary N) is 2. The zero-order valence-electron chi connectivity index (χ0n) is 39.9. The smallest absolute Gasteiger partial charge is 0.249 e. The Morgan fingerprint density at radius 3 is 2.25 bits per heavy atom. The van der Waals surface area contributed by atoms with Crippen molar-refractivity contribution in [3.63, 3.8) is 0 Å². The number of aliphatic hydroxyl groups is 1. The number of likely N-dealkylation sites (N-methyl/N-ethyl adjacent to an activating group) is 1. The van der Waals surface area contributed by atoms with Crippen molar-refractivity contribution in [3.8, 4) is 6.07 Å². The molecule has 3 N–H and O–H groups in total. The lowest BCUT2D eigenvalue weighted by Gasteiger charge is -2.43. The van der Waals surface area contributed by atoms with E-state index in [2.05, 4.69) is 62.4 Å². The number of amides is 4. The van der Waals surface area contributed by atoms with Gasteiger partial charge in [0, 0.05) is 95.2 Å². The second-order valence-corrected chi connectivity index (χ2v) is 20.0. The highest BCUT2D eigenvalue weighted by molar-refractivity contribution is 6.20. The van der Waals surface area contributed by atoms with Crippen molar-refractivity contribution in [1.29, 1.82) is 5.26 Å². The van der Waals surface area contributed by atoms with Gasteiger partial charge in [-0.05, 0) is 103 Å². The molecule has 64 heavy (non-hydrogen) atoms. The number of hydrogen-bond acceptors (Lipinski definition) is 12. The van der Waals surface area contributed by atoms with E-state index in [1.807, 2.05) is 6.92 Å². The van der Waals surface area contributed by atoms with Crippen LogP contribution in [0.5, 0.6) is 0 Å². The number of ether oxygens (including phenoxy) is 1. The molecule has 10 atom stereocenters. The van der Waals surface area contributed by atoms with Crippen LogP contribution in [0.15, 0.2) is 10.2 Å². The Labute approximate surface area is 388 Å². The average molecular weight is 923 g/mol. The van der Waals surface area contributed by atoms with Crippen LogP contribution in [-0.4, -0.2) is 162 Å². The first-order valence-corrected chi connectivity index (χ1v) is 24.9. The number of alkyl halides is 2. The minimum absolute atomic E-state index is 0.00620. The second kappa shape index (κ2) is 27.1. The van der Waals surface area contributed by atoms with Crippen LogP contribution < -0.4 is 10.6 Å². The van der Waals surface area contributed by atoms with Crippen molar-refractivity contribution in [2.75, 3.05) is 66.1 Å². The molecule has 0 aromatic rings. The minimum atomic E-state index is -1.20. The van der Waals surface area contributed by atoms with E-state index in [1.54, 1.807) is 14.0 Å². The van der Waals surface area contributed by atoms with E-state index in [0.29, 0.717) is 38.5 Å². The van der Waals surface area contributed by atoms with E-state index >= 15 is 4.39 Å². The summed E-state index contributed by atoms with van der Waals surface area (Å²) >= 11 is 6.72. The third-order valence-corrected chi connectivity index (χ3v) is 15.1. The maximum atomic E-state index is 15.3. The van der Waals surface area contributed by atoms with Crippen LogP contribution >= 0.6 is 11.6 Å². The summed E-state index contributed by atoms with van der Waals surface area (Å²) < 4.78 is 21.7. The highest BCUT2D eigenvalue weighted by Crippen LogP contribution is 2.31. The number of hydrogen-bond donors (Lipinski definition) is 3. The SMILES string of the molecule is CCCC(/N=N\CN1CCC(CN2CCN(C(CC(C(=O)N(C)C3CCC(=O)NC3=O)C(C)CO)C(C)F)CC2)CC1)C(=O)NC1CCC(OC(C)CC(Cl)C(CC)[C@@H](C)C#N)CC1. The number of piperazine rings is 1. The topological polar surface area (TPSA) is 183 Å². The Hall–Kier alpha value is -2.81. The summed E-state index contributed by atoms with van der Waals surface area (Å²) in [6.45, 7) is 17.4. The summed E-state index contributed by atoms with van der Waals surface area (Å²) in [6, 6.07) is 0.662. The molecule has 3 saturated heterocycles. The molecule has 4 aliphatic rings. The van der Waals surface area contributed by atoms with Gasteiger partial charge in [-0.15, -0.1) is 11.6 Å². The zero-order chi connectivity index (χ0) is 46.9. The Morgan fingerprint density at radius 2 is 1.67 bits per heavy atom. The molecule has 3 aliphatic heterocycles. The number of carbonyl (C=O) groups is 4. The van der Waals surface area contributed by atoms with Gasteiger partial charge in [0.15, 0.2) is 0 Å². The lowest BCUT2D eigenvalue weighted by molar-refractivity contribution is -0.148. The molecule has 0 spiro atoms. The normalized spacial score (nSPS) is 26.5. The van der Waals surface area contributed by atoms with Gasteiger partial charge in [-0.2, -0.15) is 15.5 Å². The van der Waals surface area contributed by atoms with Crippen molar-refractivity contribution < 1.29 is 33.4 Å². The molecule has 364 valence electrons. The monoisotopic (exact) mass is 922 g/mol. The standard InChI is InChI=1S/C47H81ClFN9O6/c1-8-10-41(45(61)52-36-11-13-37(14-12-36)64-33(5)25-40(48)38(9-2)31(3)27-50)54-51-30-57-19-17-35(18-20-57)28-56-21-23-58(24-22-56)43(34(6)49)26-39(32(4)29-59)47(63)55(7)42-15-16-44(60)53-46(42)62/h31-43,59H,8-26,28-30H2,1-7H3,(H,52,61)(H,53,60,62)/b54-51-/t31-,32?,33?,34?,36?,37?,38?,39?,40?,41?,42?,43?/m0/s1. The Kier molecular flexibility index (Phi) is 22.8. The Bertz CT molecular complexity index is 1530. The van der Waals surface area contributed by atoms with E-state index in [1.165, 1.54) is 11.8 Å². The fourth-order valence-electron chi connectivity index (χ4n) is 10.3. The number of carbonyl (C=O) groups excluding carboxylic acids is 4. The van der Waals surface area contributed by atoms with Gasteiger partial charge in [-0.25, -0.2) is 4.39 Å². The molecule has 0 aromatic carbocycles. The summed E-state index contributed by atoms with van der Waals surface area (Å²) in [7, 11) is 1.55. The molecule has 17 heteroatoms. The third kappa shape index (κ3) is 16.2. The molecule has 1 saturated carbocycles. The van der Waals surface area contributed by atoms with E-state index in [-0.39, 0.29) is 79.1 Å². The molecule has 1 aliphatic carbocycles. The summed E-state index contributed by atoms with van der Waals surface area (Å²) in [5, 5.41) is 34.0. The van der Waals surface area contributed by atoms with Crippen molar-refractivity contribution in [2.45, 2.75) is 173 Å². The first kappa shape index (κ1) is 53.8. The first-order chi connectivity index (χ1) is 30.6. The maximum Gasteiger partial charge on any atom is 0.249 e. The van der Waals surface area contributed by atoms with E-state index in [4.69, 9.17) is 16.3 Å².